The van der Waals surface area contributed by atoms with Crippen LogP contribution in [0.1, 0.15) is 19.8 Å². The van der Waals surface area contributed by atoms with Gasteiger partial charge in [0.1, 0.15) is 0 Å². The van der Waals surface area contributed by atoms with Gasteiger partial charge in [-0.05, 0) is 25.6 Å². The van der Waals surface area contributed by atoms with Gasteiger partial charge in [-0.2, -0.15) is 0 Å². The topological polar surface area (TPSA) is 122 Å². The van der Waals surface area contributed by atoms with Gasteiger partial charge in [-0.3, -0.25) is 15.3 Å². The lowest BCUT2D eigenvalue weighted by Crippen LogP contribution is -2.57. The summed E-state index contributed by atoms with van der Waals surface area (Å²) >= 11 is 0. The van der Waals surface area contributed by atoms with Gasteiger partial charge >= 0.3 is 7.12 Å². The number of rotatable bonds is 4. The molecule has 1 amide bonds. The minimum absolute atomic E-state index is 0.0199. The molecule has 2 heterocycles. The van der Waals surface area contributed by atoms with E-state index < -0.39 is 31.3 Å². The Morgan fingerprint density at radius 2 is 2.32 bits per heavy atom. The van der Waals surface area contributed by atoms with E-state index in [1.165, 1.54) is 4.90 Å². The third kappa shape index (κ3) is 3.60. The quantitative estimate of drug-likeness (QED) is 0.429. The van der Waals surface area contributed by atoms with Crippen molar-refractivity contribution in [3.8, 4) is 0 Å². The summed E-state index contributed by atoms with van der Waals surface area (Å²) in [4.78, 5) is 25.7. The first-order valence-corrected chi connectivity index (χ1v) is 7.62. The molecular formula is C13H23BN2O6. The molecule has 0 aliphatic carbocycles. The van der Waals surface area contributed by atoms with Gasteiger partial charge in [0, 0.05) is 19.7 Å². The monoisotopic (exact) mass is 314 g/mol. The maximum Gasteiger partial charge on any atom is 0.527 e. The molecule has 124 valence electrons. The molecule has 0 aromatic rings. The fourth-order valence-electron chi connectivity index (χ4n) is 3.06. The number of aliphatic hydroxyl groups is 2. The van der Waals surface area contributed by atoms with Crippen molar-refractivity contribution in [2.24, 2.45) is 17.6 Å². The van der Waals surface area contributed by atoms with Gasteiger partial charge in [0.15, 0.2) is 0 Å². The van der Waals surface area contributed by atoms with E-state index in [2.05, 4.69) is 0 Å². The lowest BCUT2D eigenvalue weighted by molar-refractivity contribution is -0.154. The Labute approximate surface area is 129 Å². The number of carbonyl (C=O) groups excluding carboxylic acids is 2. The van der Waals surface area contributed by atoms with E-state index in [1.807, 2.05) is 6.92 Å². The summed E-state index contributed by atoms with van der Waals surface area (Å²) in [7, 11) is -0.535. The second kappa shape index (κ2) is 6.95. The molecule has 0 aromatic heterocycles. The molecule has 2 fully saturated rings. The largest absolute Gasteiger partial charge is 0.527 e. The zero-order valence-electron chi connectivity index (χ0n) is 12.7. The SMILES string of the molecule is CCOB1CCC[C@H]2CN(C(=O)[C@@](N)(O)CO)C[C@H]2C(=O)O1. The normalized spacial score (nSPS) is 28.5. The molecule has 0 spiro atoms. The van der Waals surface area contributed by atoms with Gasteiger partial charge < -0.3 is 24.4 Å². The zero-order valence-corrected chi connectivity index (χ0v) is 12.7. The Morgan fingerprint density at radius 1 is 1.59 bits per heavy atom. The number of likely N-dealkylation sites (tertiary alicyclic amines) is 1. The number of fused-ring (bicyclic) bond motifs is 1. The standard InChI is InChI=1S/C13H23BN2O6/c1-2-21-14-5-3-4-9-6-16(7-10(9)11(18)22-14)12(19)13(15,20)8-17/h9-10,17,20H,2-8,15H2,1H3/t9-,10+,13-/m0/s1. The highest BCUT2D eigenvalue weighted by molar-refractivity contribution is 6.46. The third-order valence-corrected chi connectivity index (χ3v) is 4.26. The predicted octanol–water partition coefficient (Wildman–Crippen LogP) is -1.44. The van der Waals surface area contributed by atoms with Crippen LogP contribution >= 0.6 is 0 Å². The van der Waals surface area contributed by atoms with Gasteiger partial charge in [-0.15, -0.1) is 0 Å². The molecule has 8 nitrogen and oxygen atoms in total. The van der Waals surface area contributed by atoms with Crippen LogP contribution in [0.25, 0.3) is 0 Å². The molecule has 0 unspecified atom stereocenters. The maximum atomic E-state index is 12.2. The maximum absolute atomic E-state index is 12.2. The molecule has 0 bridgehead atoms. The average molecular weight is 314 g/mol. The summed E-state index contributed by atoms with van der Waals surface area (Å²) in [5.74, 6) is -1.62. The van der Waals surface area contributed by atoms with E-state index in [-0.39, 0.29) is 18.4 Å². The third-order valence-electron chi connectivity index (χ3n) is 4.26. The second-order valence-corrected chi connectivity index (χ2v) is 5.91. The average Bonchev–Trinajstić information content (AvgIpc) is 2.88. The van der Waals surface area contributed by atoms with Crippen LogP contribution in [0.5, 0.6) is 0 Å². The molecule has 2 aliphatic heterocycles. The van der Waals surface area contributed by atoms with Crippen LogP contribution in [0, 0.1) is 11.8 Å². The van der Waals surface area contributed by atoms with Crippen LogP contribution in [0.4, 0.5) is 0 Å². The molecule has 0 radical (unpaired) electrons. The summed E-state index contributed by atoms with van der Waals surface area (Å²) in [5, 5.41) is 18.7. The minimum atomic E-state index is -2.31. The Morgan fingerprint density at radius 3 is 2.95 bits per heavy atom. The van der Waals surface area contributed by atoms with Crippen molar-refractivity contribution in [2.45, 2.75) is 31.8 Å². The first-order valence-electron chi connectivity index (χ1n) is 7.62. The Hall–Kier alpha value is -1.16. The molecule has 4 N–H and O–H groups in total. The number of nitrogens with zero attached hydrogens (tertiary/aromatic N) is 1. The second-order valence-electron chi connectivity index (χ2n) is 5.91. The zero-order chi connectivity index (χ0) is 16.3. The van der Waals surface area contributed by atoms with E-state index in [9.17, 15) is 14.7 Å². The number of aliphatic hydroxyl groups excluding tert-OH is 1. The van der Waals surface area contributed by atoms with Crippen molar-refractivity contribution in [2.75, 3.05) is 26.3 Å². The number of hydrogen-bond acceptors (Lipinski definition) is 7. The fraction of sp³-hybridized carbons (Fsp3) is 0.846. The summed E-state index contributed by atoms with van der Waals surface area (Å²) in [6, 6.07) is 0. The van der Waals surface area contributed by atoms with E-state index in [4.69, 9.17) is 20.1 Å². The molecule has 22 heavy (non-hydrogen) atoms. The van der Waals surface area contributed by atoms with Crippen molar-refractivity contribution in [1.29, 1.82) is 0 Å². The van der Waals surface area contributed by atoms with Crippen LogP contribution in [0.2, 0.25) is 6.32 Å². The van der Waals surface area contributed by atoms with Crippen molar-refractivity contribution < 1.29 is 29.1 Å². The first kappa shape index (κ1) is 17.2. The van der Waals surface area contributed by atoms with Crippen LogP contribution < -0.4 is 5.73 Å². The highest BCUT2D eigenvalue weighted by atomic mass is 16.6. The van der Waals surface area contributed by atoms with E-state index in [0.717, 1.165) is 12.8 Å². The summed E-state index contributed by atoms with van der Waals surface area (Å²) in [5.41, 5.74) is 3.06. The lowest BCUT2D eigenvalue weighted by atomic mass is 9.77. The fourth-order valence-corrected chi connectivity index (χ4v) is 3.06. The van der Waals surface area contributed by atoms with Crippen LogP contribution in [0.15, 0.2) is 0 Å². The Bertz CT molecular complexity index is 433. The van der Waals surface area contributed by atoms with Crippen LogP contribution in [0.3, 0.4) is 0 Å². The van der Waals surface area contributed by atoms with E-state index in [0.29, 0.717) is 19.5 Å². The van der Waals surface area contributed by atoms with Crippen molar-refractivity contribution in [3.63, 3.8) is 0 Å². The van der Waals surface area contributed by atoms with Gasteiger partial charge in [-0.1, -0.05) is 6.42 Å². The molecule has 2 aliphatic rings. The summed E-state index contributed by atoms with van der Waals surface area (Å²) in [6.07, 6.45) is 2.23. The molecular weight excluding hydrogens is 291 g/mol. The highest BCUT2D eigenvalue weighted by Crippen LogP contribution is 2.32. The highest BCUT2D eigenvalue weighted by Gasteiger charge is 2.46. The molecule has 2 saturated heterocycles. The van der Waals surface area contributed by atoms with Crippen molar-refractivity contribution in [3.05, 3.63) is 0 Å². The van der Waals surface area contributed by atoms with Crippen LogP contribution in [-0.4, -0.2) is 66.1 Å². The predicted molar refractivity (Wildman–Crippen MR) is 77.3 cm³/mol. The van der Waals surface area contributed by atoms with Crippen molar-refractivity contribution >= 4 is 19.0 Å². The number of carbonyl (C=O) groups is 2. The molecule has 2 rings (SSSR count). The molecule has 3 atom stereocenters. The van der Waals surface area contributed by atoms with E-state index in [1.54, 1.807) is 0 Å². The van der Waals surface area contributed by atoms with Crippen LogP contribution in [-0.2, 0) is 18.9 Å². The van der Waals surface area contributed by atoms with Gasteiger partial charge in [-0.25, -0.2) is 0 Å². The Balaban J connectivity index is 2.05. The smallest absolute Gasteiger partial charge is 0.509 e. The van der Waals surface area contributed by atoms with Gasteiger partial charge in [0.25, 0.3) is 11.9 Å². The number of amides is 1. The molecule has 9 heteroatoms. The number of nitrogens with two attached hydrogens (primary N) is 1. The van der Waals surface area contributed by atoms with E-state index >= 15 is 0 Å². The summed E-state index contributed by atoms with van der Waals surface area (Å²) in [6.45, 7) is 1.91. The Kier molecular flexibility index (Phi) is 5.43. The van der Waals surface area contributed by atoms with Gasteiger partial charge in [0.2, 0.25) is 5.72 Å². The van der Waals surface area contributed by atoms with Gasteiger partial charge in [0.05, 0.1) is 12.5 Å². The number of hydrogen-bond donors (Lipinski definition) is 3. The minimum Gasteiger partial charge on any atom is -0.509 e. The molecule has 0 aromatic carbocycles. The summed E-state index contributed by atoms with van der Waals surface area (Å²) < 4.78 is 10.7. The first-order chi connectivity index (χ1) is 10.4. The lowest BCUT2D eigenvalue weighted by Gasteiger charge is -2.26. The molecule has 0 saturated carbocycles. The van der Waals surface area contributed by atoms with Crippen molar-refractivity contribution in [1.82, 2.24) is 4.90 Å².